The molecule has 4 nitrogen and oxygen atoms in total. The summed E-state index contributed by atoms with van der Waals surface area (Å²) in [7, 11) is 0. The summed E-state index contributed by atoms with van der Waals surface area (Å²) in [6.45, 7) is 2.96. The molecular formula is C14H19N3O. The summed E-state index contributed by atoms with van der Waals surface area (Å²) in [6.07, 6.45) is 5.57. The van der Waals surface area contributed by atoms with Gasteiger partial charge in [0.1, 0.15) is 11.6 Å². The smallest absolute Gasteiger partial charge is 0.120 e. The molecule has 1 unspecified atom stereocenters. The lowest BCUT2D eigenvalue weighted by Crippen LogP contribution is -2.20. The van der Waals surface area contributed by atoms with Crippen molar-refractivity contribution in [2.24, 2.45) is 0 Å². The summed E-state index contributed by atoms with van der Waals surface area (Å²) in [5.74, 6) is 1.37. The maximum absolute atomic E-state index is 9.73. The van der Waals surface area contributed by atoms with E-state index in [1.54, 1.807) is 12.3 Å². The van der Waals surface area contributed by atoms with Crippen LogP contribution in [0.25, 0.3) is 0 Å². The number of H-pyrrole nitrogens is 1. The van der Waals surface area contributed by atoms with Crippen LogP contribution < -0.4 is 5.32 Å². The first kappa shape index (κ1) is 12.6. The van der Waals surface area contributed by atoms with Crippen molar-refractivity contribution in [2.45, 2.75) is 25.8 Å². The Labute approximate surface area is 107 Å². The first-order valence-electron chi connectivity index (χ1n) is 6.27. The number of nitrogens with one attached hydrogen (secondary N) is 2. The van der Waals surface area contributed by atoms with E-state index in [9.17, 15) is 5.11 Å². The highest BCUT2D eigenvalue weighted by molar-refractivity contribution is 5.34. The van der Waals surface area contributed by atoms with Crippen molar-refractivity contribution < 1.29 is 5.11 Å². The highest BCUT2D eigenvalue weighted by Gasteiger charge is 2.08. The van der Waals surface area contributed by atoms with Crippen LogP contribution in [0.5, 0.6) is 5.75 Å². The van der Waals surface area contributed by atoms with Gasteiger partial charge in [0, 0.05) is 30.4 Å². The maximum atomic E-state index is 9.73. The number of nitrogens with zero attached hydrogens (tertiary/aromatic N) is 1. The molecule has 0 radical (unpaired) electrons. The summed E-state index contributed by atoms with van der Waals surface area (Å²) in [5.41, 5.74) is 0.940. The largest absolute Gasteiger partial charge is 0.508 e. The van der Waals surface area contributed by atoms with E-state index in [1.165, 1.54) is 0 Å². The SMILES string of the molecule is CC(NCCCc1ncc[nH]1)c1ccccc1O. The van der Waals surface area contributed by atoms with E-state index in [1.807, 2.05) is 24.4 Å². The number of aryl methyl sites for hydroxylation is 1. The van der Waals surface area contributed by atoms with Crippen molar-refractivity contribution in [1.29, 1.82) is 0 Å². The number of hydrogen-bond donors (Lipinski definition) is 3. The Hall–Kier alpha value is -1.81. The second kappa shape index (κ2) is 6.21. The van der Waals surface area contributed by atoms with Gasteiger partial charge in [0.15, 0.2) is 0 Å². The van der Waals surface area contributed by atoms with Gasteiger partial charge in [-0.25, -0.2) is 4.98 Å². The monoisotopic (exact) mass is 245 g/mol. The van der Waals surface area contributed by atoms with E-state index < -0.39 is 0 Å². The quantitative estimate of drug-likeness (QED) is 0.685. The lowest BCUT2D eigenvalue weighted by molar-refractivity contribution is 0.451. The zero-order chi connectivity index (χ0) is 12.8. The zero-order valence-electron chi connectivity index (χ0n) is 10.6. The topological polar surface area (TPSA) is 60.9 Å². The minimum absolute atomic E-state index is 0.155. The molecule has 0 aliphatic carbocycles. The second-order valence-electron chi connectivity index (χ2n) is 4.37. The molecule has 0 aliphatic heterocycles. The number of aromatic amines is 1. The highest BCUT2D eigenvalue weighted by Crippen LogP contribution is 2.22. The molecule has 0 aliphatic rings. The van der Waals surface area contributed by atoms with Gasteiger partial charge in [-0.2, -0.15) is 0 Å². The molecule has 96 valence electrons. The van der Waals surface area contributed by atoms with E-state index in [0.29, 0.717) is 5.75 Å². The van der Waals surface area contributed by atoms with Crippen LogP contribution in [0.15, 0.2) is 36.7 Å². The van der Waals surface area contributed by atoms with Crippen LogP contribution in [0.2, 0.25) is 0 Å². The third-order valence-electron chi connectivity index (χ3n) is 3.00. The maximum Gasteiger partial charge on any atom is 0.120 e. The number of aromatic nitrogens is 2. The molecule has 1 aromatic heterocycles. The number of rotatable bonds is 6. The molecule has 1 aromatic carbocycles. The fourth-order valence-corrected chi connectivity index (χ4v) is 1.97. The van der Waals surface area contributed by atoms with Crippen molar-refractivity contribution in [3.63, 3.8) is 0 Å². The Morgan fingerprint density at radius 1 is 1.39 bits per heavy atom. The van der Waals surface area contributed by atoms with Gasteiger partial charge in [0.2, 0.25) is 0 Å². The Morgan fingerprint density at radius 3 is 2.94 bits per heavy atom. The van der Waals surface area contributed by atoms with Gasteiger partial charge in [-0.15, -0.1) is 0 Å². The van der Waals surface area contributed by atoms with Gasteiger partial charge in [-0.05, 0) is 26.0 Å². The first-order chi connectivity index (χ1) is 8.77. The molecule has 0 saturated heterocycles. The number of hydrogen-bond acceptors (Lipinski definition) is 3. The molecule has 4 heteroatoms. The van der Waals surface area contributed by atoms with E-state index in [4.69, 9.17) is 0 Å². The van der Waals surface area contributed by atoms with Gasteiger partial charge >= 0.3 is 0 Å². The molecule has 3 N–H and O–H groups in total. The van der Waals surface area contributed by atoms with Gasteiger partial charge in [0.05, 0.1) is 0 Å². The number of benzene rings is 1. The van der Waals surface area contributed by atoms with Gasteiger partial charge in [0.25, 0.3) is 0 Å². The Balaban J connectivity index is 1.75. The van der Waals surface area contributed by atoms with Crippen LogP contribution >= 0.6 is 0 Å². The average Bonchev–Trinajstić information content (AvgIpc) is 2.88. The van der Waals surface area contributed by atoms with Crippen molar-refractivity contribution in [1.82, 2.24) is 15.3 Å². The minimum atomic E-state index is 0.155. The summed E-state index contributed by atoms with van der Waals surface area (Å²) in [5, 5.41) is 13.1. The fraction of sp³-hybridized carbons (Fsp3) is 0.357. The Bertz CT molecular complexity index is 468. The molecule has 18 heavy (non-hydrogen) atoms. The van der Waals surface area contributed by atoms with Gasteiger partial charge in [-0.1, -0.05) is 18.2 Å². The predicted octanol–water partition coefficient (Wildman–Crippen LogP) is 2.40. The molecule has 0 fully saturated rings. The summed E-state index contributed by atoms with van der Waals surface area (Å²) >= 11 is 0. The van der Waals surface area contributed by atoms with E-state index in [2.05, 4.69) is 22.2 Å². The number of para-hydroxylation sites is 1. The second-order valence-corrected chi connectivity index (χ2v) is 4.37. The summed E-state index contributed by atoms with van der Waals surface area (Å²) < 4.78 is 0. The van der Waals surface area contributed by atoms with Crippen LogP contribution in [0.3, 0.4) is 0 Å². The standard InChI is InChI=1S/C14H19N3O/c1-11(12-5-2-3-6-13(12)18)15-8-4-7-14-16-9-10-17-14/h2-3,5-6,9-11,15,18H,4,7-8H2,1H3,(H,16,17). The molecule has 0 spiro atoms. The Morgan fingerprint density at radius 2 is 2.22 bits per heavy atom. The fourth-order valence-electron chi connectivity index (χ4n) is 1.97. The van der Waals surface area contributed by atoms with Gasteiger partial charge < -0.3 is 15.4 Å². The van der Waals surface area contributed by atoms with E-state index >= 15 is 0 Å². The van der Waals surface area contributed by atoms with Crippen LogP contribution in [0, 0.1) is 0 Å². The zero-order valence-corrected chi connectivity index (χ0v) is 10.6. The highest BCUT2D eigenvalue weighted by atomic mass is 16.3. The molecule has 2 aromatic rings. The summed E-state index contributed by atoms with van der Waals surface area (Å²) in [4.78, 5) is 7.27. The van der Waals surface area contributed by atoms with Crippen molar-refractivity contribution in [3.05, 3.63) is 48.0 Å². The van der Waals surface area contributed by atoms with E-state index in [-0.39, 0.29) is 6.04 Å². The molecule has 0 bridgehead atoms. The number of aromatic hydroxyl groups is 1. The van der Waals surface area contributed by atoms with E-state index in [0.717, 1.165) is 30.8 Å². The number of phenols is 1. The van der Waals surface area contributed by atoms with Crippen molar-refractivity contribution in [3.8, 4) is 5.75 Å². The van der Waals surface area contributed by atoms with Crippen molar-refractivity contribution in [2.75, 3.05) is 6.54 Å². The molecule has 0 saturated carbocycles. The third kappa shape index (κ3) is 3.34. The van der Waals surface area contributed by atoms with Crippen LogP contribution in [-0.2, 0) is 6.42 Å². The molecule has 1 atom stereocenters. The predicted molar refractivity (Wildman–Crippen MR) is 71.4 cm³/mol. The molecule has 1 heterocycles. The lowest BCUT2D eigenvalue weighted by Gasteiger charge is -2.15. The summed E-state index contributed by atoms with van der Waals surface area (Å²) in [6, 6.07) is 7.59. The molecule has 2 rings (SSSR count). The van der Waals surface area contributed by atoms with Gasteiger partial charge in [-0.3, -0.25) is 0 Å². The number of phenolic OH excluding ortho intramolecular Hbond substituents is 1. The third-order valence-corrected chi connectivity index (χ3v) is 3.00. The van der Waals surface area contributed by atoms with Crippen LogP contribution in [0.4, 0.5) is 0 Å². The normalized spacial score (nSPS) is 12.5. The van der Waals surface area contributed by atoms with Crippen LogP contribution in [0.1, 0.15) is 30.8 Å². The molecular weight excluding hydrogens is 226 g/mol. The first-order valence-corrected chi connectivity index (χ1v) is 6.27. The average molecular weight is 245 g/mol. The molecule has 0 amide bonds. The van der Waals surface area contributed by atoms with Crippen LogP contribution in [-0.4, -0.2) is 21.6 Å². The number of imidazole rings is 1. The lowest BCUT2D eigenvalue weighted by atomic mass is 10.1. The minimum Gasteiger partial charge on any atom is -0.508 e. The Kier molecular flexibility index (Phi) is 4.36. The van der Waals surface area contributed by atoms with Crippen molar-refractivity contribution >= 4 is 0 Å².